The van der Waals surface area contributed by atoms with E-state index >= 15 is 0 Å². The summed E-state index contributed by atoms with van der Waals surface area (Å²) in [6, 6.07) is 7.99. The van der Waals surface area contributed by atoms with Crippen molar-refractivity contribution >= 4 is 16.8 Å². The van der Waals surface area contributed by atoms with Gasteiger partial charge in [0.25, 0.3) is 0 Å². The number of amides is 1. The molecular weight excluding hydrogens is 316 g/mol. The van der Waals surface area contributed by atoms with Gasteiger partial charge in [0.15, 0.2) is 5.82 Å². The highest BCUT2D eigenvalue weighted by atomic mass is 16.5. The van der Waals surface area contributed by atoms with Crippen LogP contribution in [-0.4, -0.2) is 32.5 Å². The molecule has 0 unspecified atom stereocenters. The molecule has 1 fully saturated rings. The van der Waals surface area contributed by atoms with Gasteiger partial charge in [-0.15, -0.1) is 0 Å². The van der Waals surface area contributed by atoms with Crippen LogP contribution in [0.1, 0.15) is 49.0 Å². The van der Waals surface area contributed by atoms with E-state index in [1.165, 1.54) is 0 Å². The van der Waals surface area contributed by atoms with Crippen molar-refractivity contribution in [2.75, 3.05) is 6.54 Å². The van der Waals surface area contributed by atoms with E-state index in [4.69, 9.17) is 4.52 Å². The number of aromatic amines is 1. The number of para-hydroxylation sites is 1. The molecule has 1 saturated heterocycles. The Morgan fingerprint density at radius 2 is 2.20 bits per heavy atom. The van der Waals surface area contributed by atoms with E-state index in [0.29, 0.717) is 18.1 Å². The first-order valence-corrected chi connectivity index (χ1v) is 8.87. The average Bonchev–Trinajstić information content (AvgIpc) is 3.14. The summed E-state index contributed by atoms with van der Waals surface area (Å²) in [5, 5.41) is 5.18. The lowest BCUT2D eigenvalue weighted by Crippen LogP contribution is -2.36. The summed E-state index contributed by atoms with van der Waals surface area (Å²) in [5.41, 5.74) is 2.10. The van der Waals surface area contributed by atoms with Crippen LogP contribution in [0.2, 0.25) is 0 Å². The summed E-state index contributed by atoms with van der Waals surface area (Å²) in [4.78, 5) is 22.6. The number of fused-ring (bicyclic) bond motifs is 1. The molecule has 6 heteroatoms. The maximum absolute atomic E-state index is 13.1. The number of hydrogen-bond donors (Lipinski definition) is 1. The van der Waals surface area contributed by atoms with E-state index in [2.05, 4.69) is 21.2 Å². The van der Waals surface area contributed by atoms with Crippen LogP contribution < -0.4 is 0 Å². The highest BCUT2D eigenvalue weighted by Crippen LogP contribution is 2.29. The predicted octanol–water partition coefficient (Wildman–Crippen LogP) is 3.55. The molecule has 3 heterocycles. The summed E-state index contributed by atoms with van der Waals surface area (Å²) < 4.78 is 5.15. The van der Waals surface area contributed by atoms with Crippen molar-refractivity contribution < 1.29 is 9.32 Å². The highest BCUT2D eigenvalue weighted by molar-refractivity contribution is 5.89. The Morgan fingerprint density at radius 1 is 1.32 bits per heavy atom. The maximum atomic E-state index is 13.1. The van der Waals surface area contributed by atoms with Crippen LogP contribution in [0.4, 0.5) is 0 Å². The van der Waals surface area contributed by atoms with E-state index in [1.807, 2.05) is 29.3 Å². The molecule has 130 valence electrons. The van der Waals surface area contributed by atoms with Crippen LogP contribution in [0.3, 0.4) is 0 Å². The molecule has 0 saturated carbocycles. The first-order chi connectivity index (χ1) is 12.2. The Bertz CT molecular complexity index is 882. The fourth-order valence-electron chi connectivity index (χ4n) is 3.67. The molecule has 0 radical (unpaired) electrons. The number of benzene rings is 1. The van der Waals surface area contributed by atoms with Gasteiger partial charge < -0.3 is 14.4 Å². The minimum Gasteiger partial charge on any atom is -0.361 e. The minimum absolute atomic E-state index is 0.0855. The minimum atomic E-state index is -0.0855. The van der Waals surface area contributed by atoms with Crippen LogP contribution >= 0.6 is 0 Å². The van der Waals surface area contributed by atoms with Crippen LogP contribution in [-0.2, 0) is 11.2 Å². The first kappa shape index (κ1) is 15.9. The third-order valence-electron chi connectivity index (χ3n) is 4.93. The standard InChI is InChI=1S/C19H22N4O2/c1-13-21-19(22-25-13)17-9-3-2-6-10-23(17)18(24)11-14-12-20-16-8-5-4-7-15(14)16/h4-5,7-8,12,17,20H,2-3,6,9-11H2,1H3/t17-/m0/s1. The number of carbonyl (C=O) groups excluding carboxylic acids is 1. The topological polar surface area (TPSA) is 75.0 Å². The second-order valence-corrected chi connectivity index (χ2v) is 6.66. The van der Waals surface area contributed by atoms with Gasteiger partial charge in [-0.25, -0.2) is 0 Å². The third kappa shape index (κ3) is 3.16. The fourth-order valence-corrected chi connectivity index (χ4v) is 3.67. The van der Waals surface area contributed by atoms with Crippen LogP contribution in [0.5, 0.6) is 0 Å². The lowest BCUT2D eigenvalue weighted by atomic mass is 10.1. The van der Waals surface area contributed by atoms with Gasteiger partial charge in [0.05, 0.1) is 12.5 Å². The number of nitrogens with one attached hydrogen (secondary N) is 1. The molecule has 1 amide bonds. The Balaban J connectivity index is 1.59. The lowest BCUT2D eigenvalue weighted by Gasteiger charge is -2.27. The Labute approximate surface area is 146 Å². The molecule has 0 bridgehead atoms. The summed E-state index contributed by atoms with van der Waals surface area (Å²) in [6.07, 6.45) is 6.44. The molecule has 1 aliphatic heterocycles. The average molecular weight is 338 g/mol. The van der Waals surface area contributed by atoms with Crippen molar-refractivity contribution in [3.63, 3.8) is 0 Å². The SMILES string of the molecule is Cc1nc([C@@H]2CCCCCN2C(=O)Cc2c[nH]c3ccccc23)no1. The zero-order valence-corrected chi connectivity index (χ0v) is 14.4. The molecular formula is C19H22N4O2. The number of aryl methyl sites for hydroxylation is 1. The van der Waals surface area contributed by atoms with Crippen molar-refractivity contribution in [3.05, 3.63) is 47.7 Å². The van der Waals surface area contributed by atoms with Gasteiger partial charge in [-0.05, 0) is 24.5 Å². The Hall–Kier alpha value is -2.63. The van der Waals surface area contributed by atoms with Crippen LogP contribution in [0.15, 0.2) is 35.0 Å². The lowest BCUT2D eigenvalue weighted by molar-refractivity contribution is -0.133. The number of rotatable bonds is 3. The van der Waals surface area contributed by atoms with Gasteiger partial charge in [0.1, 0.15) is 0 Å². The number of likely N-dealkylation sites (tertiary alicyclic amines) is 1. The van der Waals surface area contributed by atoms with Crippen molar-refractivity contribution in [1.29, 1.82) is 0 Å². The van der Waals surface area contributed by atoms with Gasteiger partial charge >= 0.3 is 0 Å². The zero-order valence-electron chi connectivity index (χ0n) is 14.4. The number of nitrogens with zero attached hydrogens (tertiary/aromatic N) is 3. The van der Waals surface area contributed by atoms with Crippen LogP contribution in [0, 0.1) is 6.92 Å². The molecule has 0 spiro atoms. The molecule has 1 aromatic carbocycles. The second kappa shape index (κ2) is 6.70. The molecule has 0 aliphatic carbocycles. The molecule has 6 nitrogen and oxygen atoms in total. The molecule has 2 aromatic heterocycles. The van der Waals surface area contributed by atoms with E-state index in [0.717, 1.165) is 48.7 Å². The largest absolute Gasteiger partial charge is 0.361 e. The number of aromatic nitrogens is 3. The summed E-state index contributed by atoms with van der Waals surface area (Å²) in [6.45, 7) is 2.53. The van der Waals surface area contributed by atoms with Gasteiger partial charge in [-0.2, -0.15) is 4.98 Å². The normalized spacial score (nSPS) is 18.4. The van der Waals surface area contributed by atoms with Crippen molar-refractivity contribution in [2.24, 2.45) is 0 Å². The first-order valence-electron chi connectivity index (χ1n) is 8.87. The number of H-pyrrole nitrogens is 1. The van der Waals surface area contributed by atoms with E-state index in [1.54, 1.807) is 6.92 Å². The summed E-state index contributed by atoms with van der Waals surface area (Å²) >= 11 is 0. The van der Waals surface area contributed by atoms with Gasteiger partial charge in [-0.1, -0.05) is 36.2 Å². The fraction of sp³-hybridized carbons (Fsp3) is 0.421. The molecule has 3 aromatic rings. The van der Waals surface area contributed by atoms with Crippen LogP contribution in [0.25, 0.3) is 10.9 Å². The number of hydrogen-bond acceptors (Lipinski definition) is 4. The predicted molar refractivity (Wildman–Crippen MR) is 94.0 cm³/mol. The third-order valence-corrected chi connectivity index (χ3v) is 4.93. The molecule has 4 rings (SSSR count). The maximum Gasteiger partial charge on any atom is 0.227 e. The monoisotopic (exact) mass is 338 g/mol. The molecule has 1 aliphatic rings. The van der Waals surface area contributed by atoms with E-state index in [-0.39, 0.29) is 11.9 Å². The summed E-state index contributed by atoms with van der Waals surface area (Å²) in [7, 11) is 0. The van der Waals surface area contributed by atoms with E-state index in [9.17, 15) is 4.79 Å². The van der Waals surface area contributed by atoms with Gasteiger partial charge in [0.2, 0.25) is 11.8 Å². The Morgan fingerprint density at radius 3 is 3.04 bits per heavy atom. The highest BCUT2D eigenvalue weighted by Gasteiger charge is 2.30. The van der Waals surface area contributed by atoms with E-state index < -0.39 is 0 Å². The molecule has 25 heavy (non-hydrogen) atoms. The van der Waals surface area contributed by atoms with Crippen molar-refractivity contribution in [2.45, 2.75) is 45.1 Å². The van der Waals surface area contributed by atoms with Gasteiger partial charge in [-0.3, -0.25) is 4.79 Å². The van der Waals surface area contributed by atoms with Gasteiger partial charge in [0, 0.05) is 30.6 Å². The smallest absolute Gasteiger partial charge is 0.227 e. The Kier molecular flexibility index (Phi) is 4.26. The zero-order chi connectivity index (χ0) is 17.2. The van der Waals surface area contributed by atoms with Crippen molar-refractivity contribution in [1.82, 2.24) is 20.0 Å². The van der Waals surface area contributed by atoms with Crippen molar-refractivity contribution in [3.8, 4) is 0 Å². The second-order valence-electron chi connectivity index (χ2n) is 6.66. The molecule has 1 atom stereocenters. The quantitative estimate of drug-likeness (QED) is 0.792. The summed E-state index contributed by atoms with van der Waals surface area (Å²) in [5.74, 6) is 1.30. The number of carbonyl (C=O) groups is 1. The molecule has 1 N–H and O–H groups in total.